The second-order valence-corrected chi connectivity index (χ2v) is 5.79. The molecule has 2 N–H and O–H groups in total. The monoisotopic (exact) mass is 272 g/mol. The summed E-state index contributed by atoms with van der Waals surface area (Å²) in [6.07, 6.45) is 2.58. The van der Waals surface area contributed by atoms with E-state index in [1.165, 1.54) is 7.11 Å². The SMILES string of the molecule is COC(=O)c1ccc(CNC(C)CCS(C)=O)[nH]1. The zero-order valence-corrected chi connectivity index (χ0v) is 11.8. The Morgan fingerprint density at radius 1 is 1.56 bits per heavy atom. The quantitative estimate of drug-likeness (QED) is 0.728. The molecule has 2 atom stereocenters. The van der Waals surface area contributed by atoms with Gasteiger partial charge in [-0.05, 0) is 25.5 Å². The highest BCUT2D eigenvalue weighted by Gasteiger charge is 2.08. The summed E-state index contributed by atoms with van der Waals surface area (Å²) in [5.41, 5.74) is 1.39. The first-order chi connectivity index (χ1) is 8.52. The fourth-order valence-corrected chi connectivity index (χ4v) is 2.19. The van der Waals surface area contributed by atoms with Crippen molar-refractivity contribution in [3.63, 3.8) is 0 Å². The Morgan fingerprint density at radius 3 is 2.89 bits per heavy atom. The van der Waals surface area contributed by atoms with E-state index in [1.54, 1.807) is 12.3 Å². The van der Waals surface area contributed by atoms with Crippen molar-refractivity contribution in [2.45, 2.75) is 25.9 Å². The number of carbonyl (C=O) groups is 1. The second-order valence-electron chi connectivity index (χ2n) is 4.24. The van der Waals surface area contributed by atoms with E-state index in [2.05, 4.69) is 22.0 Å². The zero-order valence-electron chi connectivity index (χ0n) is 11.0. The lowest BCUT2D eigenvalue weighted by Crippen LogP contribution is -2.27. The van der Waals surface area contributed by atoms with Gasteiger partial charge >= 0.3 is 5.97 Å². The van der Waals surface area contributed by atoms with Gasteiger partial charge in [0.2, 0.25) is 0 Å². The number of aromatic nitrogens is 1. The van der Waals surface area contributed by atoms with Gasteiger partial charge in [-0.2, -0.15) is 0 Å². The van der Waals surface area contributed by atoms with Crippen LogP contribution in [0.2, 0.25) is 0 Å². The van der Waals surface area contributed by atoms with E-state index in [4.69, 9.17) is 0 Å². The molecule has 0 aliphatic rings. The van der Waals surface area contributed by atoms with Gasteiger partial charge in [-0.25, -0.2) is 4.79 Å². The highest BCUT2D eigenvalue weighted by molar-refractivity contribution is 7.84. The lowest BCUT2D eigenvalue weighted by atomic mass is 10.2. The Bertz CT molecular complexity index is 417. The minimum atomic E-state index is -0.747. The summed E-state index contributed by atoms with van der Waals surface area (Å²) >= 11 is 0. The fraction of sp³-hybridized carbons (Fsp3) is 0.583. The summed E-state index contributed by atoms with van der Waals surface area (Å²) in [4.78, 5) is 14.2. The Kier molecular flexibility index (Phi) is 6.07. The van der Waals surface area contributed by atoms with E-state index in [-0.39, 0.29) is 5.97 Å². The summed E-state index contributed by atoms with van der Waals surface area (Å²) in [5, 5.41) is 3.31. The number of carbonyl (C=O) groups excluding carboxylic acids is 1. The molecule has 18 heavy (non-hydrogen) atoms. The molecule has 1 heterocycles. The number of aromatic amines is 1. The second kappa shape index (κ2) is 7.33. The largest absolute Gasteiger partial charge is 0.464 e. The molecule has 6 heteroatoms. The maximum Gasteiger partial charge on any atom is 0.354 e. The molecule has 1 aromatic rings. The molecule has 0 spiro atoms. The minimum absolute atomic E-state index is 0.291. The first-order valence-electron chi connectivity index (χ1n) is 5.82. The molecule has 0 fully saturated rings. The number of nitrogens with one attached hydrogen (secondary N) is 2. The van der Waals surface area contributed by atoms with Crippen molar-refractivity contribution in [2.24, 2.45) is 0 Å². The van der Waals surface area contributed by atoms with Gasteiger partial charge < -0.3 is 15.0 Å². The number of hydrogen-bond acceptors (Lipinski definition) is 4. The van der Waals surface area contributed by atoms with E-state index in [1.807, 2.05) is 6.07 Å². The molecule has 0 saturated heterocycles. The summed E-state index contributed by atoms with van der Waals surface area (Å²) in [6, 6.07) is 3.84. The molecule has 0 aromatic carbocycles. The molecule has 102 valence electrons. The molecule has 0 aliphatic carbocycles. The van der Waals surface area contributed by atoms with Crippen LogP contribution in [0, 0.1) is 0 Å². The smallest absolute Gasteiger partial charge is 0.354 e. The van der Waals surface area contributed by atoms with Crippen LogP contribution in [0.4, 0.5) is 0 Å². The van der Waals surface area contributed by atoms with Gasteiger partial charge in [0.1, 0.15) is 5.69 Å². The molecular weight excluding hydrogens is 252 g/mol. The van der Waals surface area contributed by atoms with Crippen LogP contribution in [0.5, 0.6) is 0 Å². The molecule has 0 bridgehead atoms. The highest BCUT2D eigenvalue weighted by atomic mass is 32.2. The lowest BCUT2D eigenvalue weighted by molar-refractivity contribution is 0.0594. The van der Waals surface area contributed by atoms with Gasteiger partial charge in [0.25, 0.3) is 0 Å². The highest BCUT2D eigenvalue weighted by Crippen LogP contribution is 2.04. The van der Waals surface area contributed by atoms with Crippen molar-refractivity contribution >= 4 is 16.8 Å². The predicted molar refractivity (Wildman–Crippen MR) is 72.0 cm³/mol. The summed E-state index contributed by atoms with van der Waals surface area (Å²) in [7, 11) is 0.609. The molecule has 0 radical (unpaired) electrons. The third-order valence-corrected chi connectivity index (χ3v) is 3.44. The Balaban J connectivity index is 2.37. The molecule has 1 rings (SSSR count). The first kappa shape index (κ1) is 14.9. The van der Waals surface area contributed by atoms with Gasteiger partial charge in [-0.1, -0.05) is 0 Å². The van der Waals surface area contributed by atoms with Crippen LogP contribution in [-0.2, 0) is 22.1 Å². The molecular formula is C12H20N2O3S. The Labute approximate surface area is 110 Å². The zero-order chi connectivity index (χ0) is 13.5. The van der Waals surface area contributed by atoms with Crippen LogP contribution in [-0.4, -0.2) is 40.3 Å². The minimum Gasteiger partial charge on any atom is -0.464 e. The summed E-state index contributed by atoms with van der Waals surface area (Å²) in [6.45, 7) is 2.70. The number of esters is 1. The molecule has 1 aromatic heterocycles. The third-order valence-electron chi connectivity index (χ3n) is 2.63. The van der Waals surface area contributed by atoms with Crippen LogP contribution in [0.15, 0.2) is 12.1 Å². The van der Waals surface area contributed by atoms with E-state index in [0.29, 0.717) is 24.0 Å². The normalized spacial score (nSPS) is 14.2. The average Bonchev–Trinajstić information content (AvgIpc) is 2.81. The van der Waals surface area contributed by atoms with Crippen molar-refractivity contribution in [3.8, 4) is 0 Å². The maximum atomic E-state index is 11.2. The van der Waals surface area contributed by atoms with Crippen molar-refractivity contribution in [2.75, 3.05) is 19.1 Å². The average molecular weight is 272 g/mol. The number of H-pyrrole nitrogens is 1. The number of ether oxygens (including phenoxy) is 1. The van der Waals surface area contributed by atoms with Gasteiger partial charge in [0.15, 0.2) is 0 Å². The van der Waals surface area contributed by atoms with Crippen LogP contribution < -0.4 is 5.32 Å². The fourth-order valence-electron chi connectivity index (χ4n) is 1.50. The maximum absolute atomic E-state index is 11.2. The van der Waals surface area contributed by atoms with Gasteiger partial charge in [-0.15, -0.1) is 0 Å². The molecule has 2 unspecified atom stereocenters. The van der Waals surface area contributed by atoms with Gasteiger partial charge in [0, 0.05) is 41.1 Å². The van der Waals surface area contributed by atoms with Crippen LogP contribution in [0.3, 0.4) is 0 Å². The molecule has 0 saturated carbocycles. The lowest BCUT2D eigenvalue weighted by Gasteiger charge is -2.12. The topological polar surface area (TPSA) is 71.2 Å². The molecule has 0 amide bonds. The Morgan fingerprint density at radius 2 is 2.28 bits per heavy atom. The van der Waals surface area contributed by atoms with Crippen molar-refractivity contribution in [1.82, 2.24) is 10.3 Å². The molecule has 5 nitrogen and oxygen atoms in total. The predicted octanol–water partition coefficient (Wildman–Crippen LogP) is 1.05. The first-order valence-corrected chi connectivity index (χ1v) is 7.55. The van der Waals surface area contributed by atoms with Gasteiger partial charge in [0.05, 0.1) is 7.11 Å². The third kappa shape index (κ3) is 5.01. The molecule has 0 aliphatic heterocycles. The van der Waals surface area contributed by atoms with E-state index in [0.717, 1.165) is 12.1 Å². The van der Waals surface area contributed by atoms with E-state index >= 15 is 0 Å². The number of rotatable bonds is 7. The van der Waals surface area contributed by atoms with Crippen molar-refractivity contribution < 1.29 is 13.7 Å². The van der Waals surface area contributed by atoms with Crippen molar-refractivity contribution in [3.05, 3.63) is 23.5 Å². The number of methoxy groups -OCH3 is 1. The van der Waals surface area contributed by atoms with Crippen LogP contribution >= 0.6 is 0 Å². The van der Waals surface area contributed by atoms with Crippen LogP contribution in [0.1, 0.15) is 29.5 Å². The van der Waals surface area contributed by atoms with Crippen molar-refractivity contribution in [1.29, 1.82) is 0 Å². The number of hydrogen-bond donors (Lipinski definition) is 2. The van der Waals surface area contributed by atoms with E-state index < -0.39 is 10.8 Å². The summed E-state index contributed by atoms with van der Waals surface area (Å²) < 4.78 is 15.6. The van der Waals surface area contributed by atoms with E-state index in [9.17, 15) is 9.00 Å². The Hall–Kier alpha value is -1.14. The van der Waals surface area contributed by atoms with Crippen LogP contribution in [0.25, 0.3) is 0 Å². The van der Waals surface area contributed by atoms with Gasteiger partial charge in [-0.3, -0.25) is 4.21 Å². The summed E-state index contributed by atoms with van der Waals surface area (Å²) in [5.74, 6) is 0.336. The standard InChI is InChI=1S/C12H20N2O3S/c1-9(6-7-18(3)16)13-8-10-4-5-11(14-10)12(15)17-2/h4-5,9,13-14H,6-8H2,1-3H3.